The molecule has 0 unspecified atom stereocenters. The second-order valence-electron chi connectivity index (χ2n) is 2.76. The van der Waals surface area contributed by atoms with Gasteiger partial charge in [0.15, 0.2) is 0 Å². The Bertz CT molecular complexity index is 306. The normalized spacial score (nSPS) is 9.47. The van der Waals surface area contributed by atoms with Gasteiger partial charge in [-0.2, -0.15) is 0 Å². The summed E-state index contributed by atoms with van der Waals surface area (Å²) < 4.78 is 0. The van der Waals surface area contributed by atoms with Crippen molar-refractivity contribution in [2.45, 2.75) is 35.1 Å². The van der Waals surface area contributed by atoms with E-state index in [-0.39, 0.29) is 7.43 Å². The molecule has 0 aliphatic carbocycles. The first-order valence-corrected chi connectivity index (χ1v) is 5.14. The zero-order valence-corrected chi connectivity index (χ0v) is 9.67. The summed E-state index contributed by atoms with van der Waals surface area (Å²) in [5.74, 6) is 0. The van der Waals surface area contributed by atoms with Gasteiger partial charge >= 0.3 is 0 Å². The van der Waals surface area contributed by atoms with Crippen LogP contribution in [0.1, 0.15) is 46.2 Å². The van der Waals surface area contributed by atoms with Crippen LogP contribution in [0.3, 0.4) is 0 Å². The van der Waals surface area contributed by atoms with Gasteiger partial charge in [0.2, 0.25) is 0 Å². The highest BCUT2D eigenvalue weighted by Gasteiger charge is 1.97. The molecule has 0 heteroatoms. The Morgan fingerprint density at radius 1 is 1.20 bits per heavy atom. The van der Waals surface area contributed by atoms with Crippen LogP contribution in [-0.2, 0) is 0 Å². The van der Waals surface area contributed by atoms with Crippen LogP contribution >= 0.6 is 0 Å². The van der Waals surface area contributed by atoms with Crippen LogP contribution < -0.4 is 0 Å². The molecule has 0 N–H and O–H groups in total. The second-order valence-corrected chi connectivity index (χ2v) is 2.76. The highest BCUT2D eigenvalue weighted by molar-refractivity contribution is 5.72. The maximum Gasteiger partial charge on any atom is -0.0158 e. The molecular formula is C15H24. The maximum atomic E-state index is 3.78. The number of rotatable bonds is 2. The van der Waals surface area contributed by atoms with Gasteiger partial charge in [0.05, 0.1) is 0 Å². The van der Waals surface area contributed by atoms with E-state index in [0.29, 0.717) is 0 Å². The van der Waals surface area contributed by atoms with Crippen LogP contribution in [0.2, 0.25) is 0 Å². The fourth-order valence-electron chi connectivity index (χ4n) is 1.19. The quantitative estimate of drug-likeness (QED) is 0.603. The number of allylic oxidation sites excluding steroid dienone is 2. The number of hydrogen-bond donors (Lipinski definition) is 0. The van der Waals surface area contributed by atoms with Gasteiger partial charge in [0, 0.05) is 0 Å². The molecule has 0 radical (unpaired) electrons. The number of benzene rings is 1. The van der Waals surface area contributed by atoms with E-state index in [2.05, 4.69) is 44.7 Å². The largest absolute Gasteiger partial charge is 0.0984 e. The average molecular weight is 204 g/mol. The first kappa shape index (κ1) is 16.1. The van der Waals surface area contributed by atoms with E-state index in [9.17, 15) is 0 Å². The molecule has 1 aromatic carbocycles. The van der Waals surface area contributed by atoms with E-state index in [0.717, 1.165) is 0 Å². The Hall–Kier alpha value is -1.30. The van der Waals surface area contributed by atoms with Crippen LogP contribution in [0.25, 0.3) is 11.6 Å². The van der Waals surface area contributed by atoms with Crippen LogP contribution in [0.15, 0.2) is 36.9 Å². The Labute approximate surface area is 95.3 Å². The molecule has 0 atom stereocenters. The predicted octanol–water partition coefficient (Wildman–Crippen LogP) is 5.42. The third-order valence-corrected chi connectivity index (χ3v) is 2.04. The summed E-state index contributed by atoms with van der Waals surface area (Å²) in [6.45, 7) is 11.9. The van der Waals surface area contributed by atoms with Gasteiger partial charge in [0.25, 0.3) is 0 Å². The van der Waals surface area contributed by atoms with Crippen LogP contribution in [0.5, 0.6) is 0 Å². The minimum Gasteiger partial charge on any atom is -0.0984 e. The van der Waals surface area contributed by atoms with Crippen LogP contribution in [-0.4, -0.2) is 0 Å². The molecule has 0 aromatic heterocycles. The minimum atomic E-state index is 0. The fourth-order valence-corrected chi connectivity index (χ4v) is 1.19. The van der Waals surface area contributed by atoms with Crippen molar-refractivity contribution in [2.24, 2.45) is 0 Å². The first-order valence-electron chi connectivity index (χ1n) is 5.14. The Balaban J connectivity index is 0. The highest BCUT2D eigenvalue weighted by Crippen LogP contribution is 2.18. The summed E-state index contributed by atoms with van der Waals surface area (Å²) in [4.78, 5) is 0. The topological polar surface area (TPSA) is 0 Å². The molecule has 0 spiro atoms. The van der Waals surface area contributed by atoms with Crippen molar-refractivity contribution in [2.75, 3.05) is 0 Å². The van der Waals surface area contributed by atoms with Gasteiger partial charge in [-0.1, -0.05) is 64.3 Å². The van der Waals surface area contributed by atoms with E-state index in [4.69, 9.17) is 0 Å². The lowest BCUT2D eigenvalue weighted by atomic mass is 10.0. The Morgan fingerprint density at radius 3 is 2.20 bits per heavy atom. The predicted molar refractivity (Wildman–Crippen MR) is 73.9 cm³/mol. The van der Waals surface area contributed by atoms with Gasteiger partial charge in [0.1, 0.15) is 0 Å². The van der Waals surface area contributed by atoms with E-state index in [1.165, 1.54) is 16.7 Å². The monoisotopic (exact) mass is 204 g/mol. The molecule has 84 valence electrons. The van der Waals surface area contributed by atoms with Gasteiger partial charge < -0.3 is 0 Å². The molecule has 1 aromatic rings. The van der Waals surface area contributed by atoms with E-state index in [1.54, 1.807) is 0 Å². The van der Waals surface area contributed by atoms with Crippen molar-refractivity contribution in [3.63, 3.8) is 0 Å². The fraction of sp³-hybridized carbons (Fsp3) is 0.333. The standard InChI is InChI=1S/C12H14.C2H6.CH4/c1-4-10(3)12-9-7-6-8-11(12)5-2;1-2;/h4-9H,2H2,1,3H3;1-2H3;1H4/b10-4-;;. The molecule has 0 fully saturated rings. The third-order valence-electron chi connectivity index (χ3n) is 2.04. The SMILES string of the molecule is C.C=Cc1ccccc1/C(C)=C\C.CC. The average Bonchev–Trinajstić information content (AvgIpc) is 2.30. The van der Waals surface area contributed by atoms with Crippen molar-refractivity contribution >= 4 is 11.6 Å². The first-order chi connectivity index (χ1) is 6.79. The van der Waals surface area contributed by atoms with Gasteiger partial charge in [-0.15, -0.1) is 0 Å². The molecule has 0 bridgehead atoms. The van der Waals surface area contributed by atoms with E-state index >= 15 is 0 Å². The van der Waals surface area contributed by atoms with E-state index in [1.807, 2.05) is 26.0 Å². The molecule has 1 rings (SSSR count). The molecule has 0 aliphatic rings. The van der Waals surface area contributed by atoms with Gasteiger partial charge in [-0.3, -0.25) is 0 Å². The molecule has 0 nitrogen and oxygen atoms in total. The van der Waals surface area contributed by atoms with Crippen molar-refractivity contribution in [1.82, 2.24) is 0 Å². The van der Waals surface area contributed by atoms with Gasteiger partial charge in [-0.25, -0.2) is 0 Å². The van der Waals surface area contributed by atoms with Crippen molar-refractivity contribution < 1.29 is 0 Å². The second kappa shape index (κ2) is 9.26. The minimum absolute atomic E-state index is 0. The Kier molecular flexibility index (Phi) is 9.97. The molecule has 0 aliphatic heterocycles. The van der Waals surface area contributed by atoms with Crippen molar-refractivity contribution in [3.8, 4) is 0 Å². The molecule has 0 heterocycles. The summed E-state index contributed by atoms with van der Waals surface area (Å²) in [6, 6.07) is 8.28. The lowest BCUT2D eigenvalue weighted by Crippen LogP contribution is -1.83. The molecule has 0 saturated carbocycles. The maximum absolute atomic E-state index is 3.78. The highest BCUT2D eigenvalue weighted by atomic mass is 14.0. The van der Waals surface area contributed by atoms with Gasteiger partial charge in [-0.05, 0) is 30.5 Å². The number of hydrogen-bond acceptors (Lipinski definition) is 0. The molecule has 0 amide bonds. The van der Waals surface area contributed by atoms with E-state index < -0.39 is 0 Å². The Morgan fingerprint density at radius 2 is 1.73 bits per heavy atom. The smallest absolute Gasteiger partial charge is 0.0158 e. The van der Waals surface area contributed by atoms with Crippen LogP contribution in [0.4, 0.5) is 0 Å². The third kappa shape index (κ3) is 4.64. The molecule has 15 heavy (non-hydrogen) atoms. The summed E-state index contributed by atoms with van der Waals surface area (Å²) in [5, 5.41) is 0. The molecule has 0 saturated heterocycles. The van der Waals surface area contributed by atoms with Crippen molar-refractivity contribution in [1.29, 1.82) is 0 Å². The summed E-state index contributed by atoms with van der Waals surface area (Å²) in [7, 11) is 0. The summed E-state index contributed by atoms with van der Waals surface area (Å²) >= 11 is 0. The lowest BCUT2D eigenvalue weighted by molar-refractivity contribution is 1.50. The zero-order chi connectivity index (χ0) is 11.0. The van der Waals surface area contributed by atoms with Crippen LogP contribution in [0, 0.1) is 0 Å². The van der Waals surface area contributed by atoms with Crippen molar-refractivity contribution in [3.05, 3.63) is 48.0 Å². The zero-order valence-electron chi connectivity index (χ0n) is 9.67. The summed E-state index contributed by atoms with van der Waals surface area (Å²) in [6.07, 6.45) is 4.00. The molecular weight excluding hydrogens is 180 g/mol. The summed E-state index contributed by atoms with van der Waals surface area (Å²) in [5.41, 5.74) is 3.77. The lowest BCUT2D eigenvalue weighted by Gasteiger charge is -2.04.